The summed E-state index contributed by atoms with van der Waals surface area (Å²) >= 11 is 0. The minimum Gasteiger partial charge on any atom is -0.493 e. The topological polar surface area (TPSA) is 81.8 Å². The summed E-state index contributed by atoms with van der Waals surface area (Å²) in [5.41, 5.74) is -1.81. The molecule has 6 nitrogen and oxygen atoms in total. The number of hydrogen-bond acceptors (Lipinski definition) is 5. The zero-order chi connectivity index (χ0) is 14.8. The maximum absolute atomic E-state index is 12.5. The zero-order valence-electron chi connectivity index (χ0n) is 9.89. The van der Waals surface area contributed by atoms with Crippen LogP contribution in [0.25, 0.3) is 0 Å². The smallest absolute Gasteiger partial charge is 0.418 e. The Labute approximate surface area is 105 Å². The summed E-state index contributed by atoms with van der Waals surface area (Å²) in [5, 5.41) is 19.9. The second-order valence-corrected chi connectivity index (χ2v) is 3.47. The van der Waals surface area contributed by atoms with Crippen LogP contribution in [-0.2, 0) is 0 Å². The number of aliphatic hydroxyl groups is 1. The number of ether oxygens (including phenoxy) is 2. The Morgan fingerprint density at radius 3 is 2.11 bits per heavy atom. The standard InChI is InChI=1S/C10H10F3NO5/c1-18-7-3-5(9(15)10(11,12)13)6(14(16)17)4-8(7)19-2/h3-4,9,15H,1-2H3. The van der Waals surface area contributed by atoms with Gasteiger partial charge in [0.25, 0.3) is 5.69 Å². The molecule has 106 valence electrons. The van der Waals surface area contributed by atoms with Gasteiger partial charge in [-0.05, 0) is 6.07 Å². The number of aliphatic hydroxyl groups excluding tert-OH is 1. The summed E-state index contributed by atoms with van der Waals surface area (Å²) < 4.78 is 46.9. The molecule has 0 aliphatic heterocycles. The number of nitro groups is 1. The quantitative estimate of drug-likeness (QED) is 0.675. The molecule has 1 aromatic carbocycles. The number of nitrogens with zero attached hydrogens (tertiary/aromatic N) is 1. The number of rotatable bonds is 4. The minimum atomic E-state index is -5.02. The molecule has 1 unspecified atom stereocenters. The van der Waals surface area contributed by atoms with E-state index in [9.17, 15) is 23.3 Å². The van der Waals surface area contributed by atoms with Crippen molar-refractivity contribution in [3.05, 3.63) is 27.8 Å². The van der Waals surface area contributed by atoms with Crippen LogP contribution >= 0.6 is 0 Å². The van der Waals surface area contributed by atoms with E-state index in [1.165, 1.54) is 7.11 Å². The summed E-state index contributed by atoms with van der Waals surface area (Å²) in [6.45, 7) is 0. The van der Waals surface area contributed by atoms with Crippen molar-refractivity contribution in [1.82, 2.24) is 0 Å². The van der Waals surface area contributed by atoms with Crippen molar-refractivity contribution in [1.29, 1.82) is 0 Å². The summed E-state index contributed by atoms with van der Waals surface area (Å²) in [6, 6.07) is 1.50. The van der Waals surface area contributed by atoms with Gasteiger partial charge in [0.05, 0.1) is 30.8 Å². The van der Waals surface area contributed by atoms with Gasteiger partial charge in [-0.2, -0.15) is 13.2 Å². The van der Waals surface area contributed by atoms with Gasteiger partial charge >= 0.3 is 6.18 Å². The molecule has 0 aromatic heterocycles. The Morgan fingerprint density at radius 1 is 1.26 bits per heavy atom. The van der Waals surface area contributed by atoms with Gasteiger partial charge in [0.15, 0.2) is 17.6 Å². The Kier molecular flexibility index (Phi) is 4.20. The highest BCUT2D eigenvalue weighted by molar-refractivity contribution is 5.55. The molecule has 0 bridgehead atoms. The first-order valence-corrected chi connectivity index (χ1v) is 4.87. The van der Waals surface area contributed by atoms with Gasteiger partial charge < -0.3 is 14.6 Å². The van der Waals surface area contributed by atoms with E-state index in [2.05, 4.69) is 0 Å². The van der Waals surface area contributed by atoms with E-state index in [0.717, 1.165) is 19.2 Å². The molecular weight excluding hydrogens is 271 g/mol. The zero-order valence-corrected chi connectivity index (χ0v) is 9.89. The third-order valence-corrected chi connectivity index (χ3v) is 2.33. The lowest BCUT2D eigenvalue weighted by atomic mass is 10.1. The fraction of sp³-hybridized carbons (Fsp3) is 0.400. The van der Waals surface area contributed by atoms with E-state index in [-0.39, 0.29) is 11.5 Å². The fourth-order valence-corrected chi connectivity index (χ4v) is 1.44. The Balaban J connectivity index is 3.48. The molecular formula is C10H10F3NO5. The predicted molar refractivity (Wildman–Crippen MR) is 57.2 cm³/mol. The van der Waals surface area contributed by atoms with Crippen molar-refractivity contribution < 1.29 is 32.7 Å². The van der Waals surface area contributed by atoms with Crippen LogP contribution in [0.3, 0.4) is 0 Å². The van der Waals surface area contributed by atoms with Gasteiger partial charge in [0, 0.05) is 0 Å². The van der Waals surface area contributed by atoms with E-state index in [1.807, 2.05) is 0 Å². The summed E-state index contributed by atoms with van der Waals surface area (Å²) in [4.78, 5) is 9.72. The molecule has 0 heterocycles. The summed E-state index contributed by atoms with van der Waals surface area (Å²) in [5.74, 6) is -0.251. The van der Waals surface area contributed by atoms with Gasteiger partial charge in [-0.15, -0.1) is 0 Å². The van der Waals surface area contributed by atoms with E-state index < -0.39 is 28.5 Å². The van der Waals surface area contributed by atoms with Crippen LogP contribution < -0.4 is 9.47 Å². The summed E-state index contributed by atoms with van der Waals surface area (Å²) in [7, 11) is 2.34. The van der Waals surface area contributed by atoms with E-state index in [0.29, 0.717) is 0 Å². The highest BCUT2D eigenvalue weighted by Crippen LogP contribution is 2.42. The largest absolute Gasteiger partial charge is 0.493 e. The van der Waals surface area contributed by atoms with Crippen molar-refractivity contribution in [2.75, 3.05) is 14.2 Å². The second kappa shape index (κ2) is 5.31. The molecule has 1 N–H and O–H groups in total. The number of methoxy groups -OCH3 is 2. The SMILES string of the molecule is COc1cc(C(O)C(F)(F)F)c([N+](=O)[O-])cc1OC. The van der Waals surface area contributed by atoms with Crippen LogP contribution in [0.1, 0.15) is 11.7 Å². The molecule has 1 rings (SSSR count). The number of hydrogen-bond donors (Lipinski definition) is 1. The van der Waals surface area contributed by atoms with Gasteiger partial charge in [-0.25, -0.2) is 0 Å². The van der Waals surface area contributed by atoms with E-state index >= 15 is 0 Å². The molecule has 0 spiro atoms. The molecule has 0 fully saturated rings. The number of halogens is 3. The molecule has 1 aromatic rings. The molecule has 0 saturated carbocycles. The maximum Gasteiger partial charge on any atom is 0.418 e. The van der Waals surface area contributed by atoms with Gasteiger partial charge in [-0.3, -0.25) is 10.1 Å². The van der Waals surface area contributed by atoms with Crippen molar-refractivity contribution in [3.63, 3.8) is 0 Å². The first-order chi connectivity index (χ1) is 8.72. The van der Waals surface area contributed by atoms with Crippen LogP contribution in [0.5, 0.6) is 11.5 Å². The molecule has 0 aliphatic rings. The second-order valence-electron chi connectivity index (χ2n) is 3.47. The molecule has 0 aliphatic carbocycles. The lowest BCUT2D eigenvalue weighted by molar-refractivity contribution is -0.387. The molecule has 0 saturated heterocycles. The van der Waals surface area contributed by atoms with E-state index in [1.54, 1.807) is 0 Å². The van der Waals surface area contributed by atoms with E-state index in [4.69, 9.17) is 14.6 Å². The molecule has 9 heteroatoms. The van der Waals surface area contributed by atoms with Crippen LogP contribution in [0.2, 0.25) is 0 Å². The average Bonchev–Trinajstić information content (AvgIpc) is 2.34. The Bertz CT molecular complexity index is 489. The van der Waals surface area contributed by atoms with Crippen LogP contribution in [-0.4, -0.2) is 30.4 Å². The van der Waals surface area contributed by atoms with Gasteiger partial charge in [0.1, 0.15) is 0 Å². The fourth-order valence-electron chi connectivity index (χ4n) is 1.44. The molecule has 19 heavy (non-hydrogen) atoms. The van der Waals surface area contributed by atoms with Crippen molar-refractivity contribution >= 4 is 5.69 Å². The number of benzene rings is 1. The Morgan fingerprint density at radius 2 is 1.74 bits per heavy atom. The van der Waals surface area contributed by atoms with Crippen LogP contribution in [0.15, 0.2) is 12.1 Å². The third kappa shape index (κ3) is 3.05. The minimum absolute atomic E-state index is 0.104. The molecule has 0 radical (unpaired) electrons. The van der Waals surface area contributed by atoms with Crippen LogP contribution in [0, 0.1) is 10.1 Å². The lowest BCUT2D eigenvalue weighted by Crippen LogP contribution is -2.21. The Hall–Kier alpha value is -2.03. The van der Waals surface area contributed by atoms with Crippen molar-refractivity contribution in [2.24, 2.45) is 0 Å². The average molecular weight is 281 g/mol. The highest BCUT2D eigenvalue weighted by Gasteiger charge is 2.43. The monoisotopic (exact) mass is 281 g/mol. The summed E-state index contributed by atoms with van der Waals surface area (Å²) in [6.07, 6.45) is -8.00. The normalized spacial score (nSPS) is 12.9. The van der Waals surface area contributed by atoms with Crippen molar-refractivity contribution in [2.45, 2.75) is 12.3 Å². The highest BCUT2D eigenvalue weighted by atomic mass is 19.4. The van der Waals surface area contributed by atoms with Crippen LogP contribution in [0.4, 0.5) is 18.9 Å². The third-order valence-electron chi connectivity index (χ3n) is 2.33. The van der Waals surface area contributed by atoms with Gasteiger partial charge in [0.2, 0.25) is 0 Å². The maximum atomic E-state index is 12.5. The lowest BCUT2D eigenvalue weighted by Gasteiger charge is -2.16. The number of nitro benzene ring substituents is 1. The predicted octanol–water partition coefficient (Wildman–Crippen LogP) is 2.21. The molecule has 0 amide bonds. The van der Waals surface area contributed by atoms with Gasteiger partial charge in [-0.1, -0.05) is 0 Å². The van der Waals surface area contributed by atoms with Crippen molar-refractivity contribution in [3.8, 4) is 11.5 Å². The first kappa shape index (κ1) is 15.0. The molecule has 1 atom stereocenters. The first-order valence-electron chi connectivity index (χ1n) is 4.87. The number of alkyl halides is 3.